The lowest BCUT2D eigenvalue weighted by molar-refractivity contribution is -0.385. The highest BCUT2D eigenvalue weighted by Crippen LogP contribution is 2.28. The van der Waals surface area contributed by atoms with Crippen molar-refractivity contribution >= 4 is 11.3 Å². The molecule has 0 fully saturated rings. The van der Waals surface area contributed by atoms with E-state index >= 15 is 0 Å². The third-order valence-corrected chi connectivity index (χ3v) is 2.60. The number of nitro groups is 1. The van der Waals surface area contributed by atoms with Crippen molar-refractivity contribution in [3.05, 3.63) is 45.5 Å². The first-order valence-corrected chi connectivity index (χ1v) is 5.41. The molecule has 1 aromatic carbocycles. The topological polar surface area (TPSA) is 43.1 Å². The van der Waals surface area contributed by atoms with Crippen molar-refractivity contribution in [3.63, 3.8) is 0 Å². The van der Waals surface area contributed by atoms with Crippen LogP contribution in [0, 0.1) is 17.0 Å². The fraction of sp³-hybridized carbons (Fsp3) is 0.385. The standard InChI is InChI=1S/C13H17NO2/c1-5-6-11-7-10(4)12(9(2)3)8-13(11)14(15)16/h7-8H,2,5-6H2,1,3-4H3. The van der Waals surface area contributed by atoms with Crippen LogP contribution in [0.1, 0.15) is 37.0 Å². The average Bonchev–Trinajstić information content (AvgIpc) is 2.17. The molecule has 1 rings (SSSR count). The summed E-state index contributed by atoms with van der Waals surface area (Å²) in [6.45, 7) is 9.69. The number of aryl methyl sites for hydroxylation is 2. The van der Waals surface area contributed by atoms with Crippen LogP contribution < -0.4 is 0 Å². The lowest BCUT2D eigenvalue weighted by Crippen LogP contribution is -1.98. The molecule has 0 aliphatic rings. The quantitative estimate of drug-likeness (QED) is 0.569. The van der Waals surface area contributed by atoms with Crippen LogP contribution in [-0.2, 0) is 6.42 Å². The molecular formula is C13H17NO2. The van der Waals surface area contributed by atoms with Gasteiger partial charge >= 0.3 is 0 Å². The number of nitro benzene ring substituents is 1. The Morgan fingerprint density at radius 2 is 2.12 bits per heavy atom. The van der Waals surface area contributed by atoms with E-state index in [4.69, 9.17) is 0 Å². The highest BCUT2D eigenvalue weighted by molar-refractivity contribution is 5.68. The maximum absolute atomic E-state index is 11.0. The minimum absolute atomic E-state index is 0.213. The third kappa shape index (κ3) is 2.48. The molecule has 0 saturated heterocycles. The molecule has 0 unspecified atom stereocenters. The molecule has 0 spiro atoms. The predicted octanol–water partition coefficient (Wildman–Crippen LogP) is 3.89. The number of allylic oxidation sites excluding steroid dienone is 1. The van der Waals surface area contributed by atoms with Gasteiger partial charge in [0.05, 0.1) is 4.92 Å². The lowest BCUT2D eigenvalue weighted by Gasteiger charge is -2.08. The Bertz CT molecular complexity index is 436. The van der Waals surface area contributed by atoms with Gasteiger partial charge in [0.25, 0.3) is 5.69 Å². The van der Waals surface area contributed by atoms with E-state index in [0.29, 0.717) is 0 Å². The van der Waals surface area contributed by atoms with Gasteiger partial charge < -0.3 is 0 Å². The molecule has 0 aliphatic carbocycles. The Balaban J connectivity index is 3.36. The van der Waals surface area contributed by atoms with Crippen LogP contribution in [0.5, 0.6) is 0 Å². The summed E-state index contributed by atoms with van der Waals surface area (Å²) in [5.74, 6) is 0. The Morgan fingerprint density at radius 3 is 2.56 bits per heavy atom. The van der Waals surface area contributed by atoms with Crippen LogP contribution in [0.15, 0.2) is 18.7 Å². The van der Waals surface area contributed by atoms with Gasteiger partial charge in [-0.15, -0.1) is 0 Å². The molecule has 3 nitrogen and oxygen atoms in total. The summed E-state index contributed by atoms with van der Waals surface area (Å²) in [7, 11) is 0. The Morgan fingerprint density at radius 1 is 1.50 bits per heavy atom. The zero-order chi connectivity index (χ0) is 12.3. The second-order valence-corrected chi connectivity index (χ2v) is 4.08. The van der Waals surface area contributed by atoms with Gasteiger partial charge in [0.2, 0.25) is 0 Å². The van der Waals surface area contributed by atoms with Crippen LogP contribution in [0.3, 0.4) is 0 Å². The van der Waals surface area contributed by atoms with Gasteiger partial charge in [0.15, 0.2) is 0 Å². The molecule has 3 heteroatoms. The molecule has 0 bridgehead atoms. The first-order chi connectivity index (χ1) is 7.47. The number of hydrogen-bond acceptors (Lipinski definition) is 2. The number of hydrogen-bond donors (Lipinski definition) is 0. The lowest BCUT2D eigenvalue weighted by atomic mass is 9.97. The van der Waals surface area contributed by atoms with E-state index in [-0.39, 0.29) is 10.6 Å². The third-order valence-electron chi connectivity index (χ3n) is 2.60. The van der Waals surface area contributed by atoms with Crippen LogP contribution in [-0.4, -0.2) is 4.92 Å². The summed E-state index contributed by atoms with van der Waals surface area (Å²) in [6, 6.07) is 3.55. The van der Waals surface area contributed by atoms with Crippen LogP contribution >= 0.6 is 0 Å². The number of rotatable bonds is 4. The molecule has 0 aliphatic heterocycles. The maximum Gasteiger partial charge on any atom is 0.273 e. The van der Waals surface area contributed by atoms with Crippen LogP contribution in [0.2, 0.25) is 0 Å². The summed E-state index contributed by atoms with van der Waals surface area (Å²) >= 11 is 0. The fourth-order valence-corrected chi connectivity index (χ4v) is 1.86. The maximum atomic E-state index is 11.0. The van der Waals surface area contributed by atoms with E-state index in [1.807, 2.05) is 26.8 Å². The fourth-order valence-electron chi connectivity index (χ4n) is 1.86. The molecule has 0 aromatic heterocycles. The van der Waals surface area contributed by atoms with Gasteiger partial charge in [-0.05, 0) is 37.5 Å². The smallest absolute Gasteiger partial charge is 0.258 e. The van der Waals surface area contributed by atoms with Crippen molar-refractivity contribution < 1.29 is 4.92 Å². The van der Waals surface area contributed by atoms with Crippen molar-refractivity contribution in [3.8, 4) is 0 Å². The average molecular weight is 219 g/mol. The highest BCUT2D eigenvalue weighted by Gasteiger charge is 2.16. The summed E-state index contributed by atoms with van der Waals surface area (Å²) in [5, 5.41) is 11.0. The highest BCUT2D eigenvalue weighted by atomic mass is 16.6. The van der Waals surface area contributed by atoms with Gasteiger partial charge in [-0.25, -0.2) is 0 Å². The molecular weight excluding hydrogens is 202 g/mol. The molecule has 0 N–H and O–H groups in total. The summed E-state index contributed by atoms with van der Waals surface area (Å²) in [6.07, 6.45) is 1.65. The minimum atomic E-state index is -0.309. The zero-order valence-electron chi connectivity index (χ0n) is 10.0. The Hall–Kier alpha value is -1.64. The van der Waals surface area contributed by atoms with Crippen molar-refractivity contribution in [1.82, 2.24) is 0 Å². The van der Waals surface area contributed by atoms with Crippen LogP contribution in [0.25, 0.3) is 5.57 Å². The molecule has 0 heterocycles. The van der Waals surface area contributed by atoms with Gasteiger partial charge in [-0.3, -0.25) is 10.1 Å². The monoisotopic (exact) mass is 219 g/mol. The van der Waals surface area contributed by atoms with E-state index in [2.05, 4.69) is 6.58 Å². The first kappa shape index (κ1) is 12.4. The molecule has 16 heavy (non-hydrogen) atoms. The van der Waals surface area contributed by atoms with E-state index in [1.54, 1.807) is 6.07 Å². The second kappa shape index (κ2) is 4.92. The van der Waals surface area contributed by atoms with Gasteiger partial charge in [0, 0.05) is 11.6 Å². The van der Waals surface area contributed by atoms with Gasteiger partial charge in [-0.2, -0.15) is 0 Å². The van der Waals surface area contributed by atoms with E-state index in [0.717, 1.165) is 35.1 Å². The predicted molar refractivity (Wildman–Crippen MR) is 66.5 cm³/mol. The number of benzene rings is 1. The van der Waals surface area contributed by atoms with Crippen molar-refractivity contribution in [1.29, 1.82) is 0 Å². The van der Waals surface area contributed by atoms with E-state index in [9.17, 15) is 10.1 Å². The normalized spacial score (nSPS) is 10.2. The summed E-state index contributed by atoms with van der Waals surface area (Å²) in [5.41, 5.74) is 3.83. The van der Waals surface area contributed by atoms with Crippen molar-refractivity contribution in [2.45, 2.75) is 33.6 Å². The molecule has 0 atom stereocenters. The summed E-state index contributed by atoms with van der Waals surface area (Å²) < 4.78 is 0. The molecule has 0 amide bonds. The Kier molecular flexibility index (Phi) is 3.82. The summed E-state index contributed by atoms with van der Waals surface area (Å²) in [4.78, 5) is 10.6. The van der Waals surface area contributed by atoms with Crippen molar-refractivity contribution in [2.24, 2.45) is 0 Å². The molecule has 0 radical (unpaired) electrons. The Labute approximate surface area is 95.9 Å². The SMILES string of the molecule is C=C(C)c1cc([N+](=O)[O-])c(CCC)cc1C. The molecule has 0 saturated carbocycles. The van der Waals surface area contributed by atoms with E-state index < -0.39 is 0 Å². The van der Waals surface area contributed by atoms with Crippen molar-refractivity contribution in [2.75, 3.05) is 0 Å². The minimum Gasteiger partial charge on any atom is -0.258 e. The molecule has 86 valence electrons. The zero-order valence-corrected chi connectivity index (χ0v) is 10.0. The van der Waals surface area contributed by atoms with Crippen LogP contribution in [0.4, 0.5) is 5.69 Å². The first-order valence-electron chi connectivity index (χ1n) is 5.41. The largest absolute Gasteiger partial charge is 0.273 e. The number of nitrogens with zero attached hydrogens (tertiary/aromatic N) is 1. The van der Waals surface area contributed by atoms with Gasteiger partial charge in [-0.1, -0.05) is 25.5 Å². The molecule has 1 aromatic rings. The van der Waals surface area contributed by atoms with E-state index in [1.165, 1.54) is 0 Å². The second-order valence-electron chi connectivity index (χ2n) is 4.08. The van der Waals surface area contributed by atoms with Gasteiger partial charge in [0.1, 0.15) is 0 Å².